The van der Waals surface area contributed by atoms with Crippen LogP contribution in [0.1, 0.15) is 25.7 Å². The van der Waals surface area contributed by atoms with Gasteiger partial charge in [0.15, 0.2) is 0 Å². The minimum atomic E-state index is -0.230. The van der Waals surface area contributed by atoms with Gasteiger partial charge in [-0.2, -0.15) is 0 Å². The molecule has 2 fully saturated rings. The number of rotatable bonds is 2. The fraction of sp³-hybridized carbons (Fsp3) is 0.778. The molecule has 3 atom stereocenters. The van der Waals surface area contributed by atoms with Gasteiger partial charge in [-0.3, -0.25) is 0 Å². The van der Waals surface area contributed by atoms with Crippen molar-refractivity contribution < 1.29 is 9.59 Å². The van der Waals surface area contributed by atoms with E-state index in [1.54, 1.807) is 0 Å². The first-order chi connectivity index (χ1) is 5.30. The summed E-state index contributed by atoms with van der Waals surface area (Å²) in [6.45, 7) is 0. The number of hydrogen-bond donors (Lipinski definition) is 0. The number of aldehydes is 2. The third kappa shape index (κ3) is 0.784. The average Bonchev–Trinajstić information content (AvgIpc) is 2.60. The highest BCUT2D eigenvalue weighted by molar-refractivity contribution is 5.71. The molecule has 0 unspecified atom stereocenters. The van der Waals surface area contributed by atoms with Crippen LogP contribution in [-0.4, -0.2) is 12.6 Å². The Balaban J connectivity index is 2.27. The van der Waals surface area contributed by atoms with E-state index >= 15 is 0 Å². The minimum Gasteiger partial charge on any atom is -0.303 e. The van der Waals surface area contributed by atoms with Crippen molar-refractivity contribution in [3.05, 3.63) is 0 Å². The SMILES string of the molecule is O=C[C@@H]1C[C@H]2CC[C@@]1(C=O)C2. The summed E-state index contributed by atoms with van der Waals surface area (Å²) in [4.78, 5) is 21.4. The fourth-order valence-electron chi connectivity index (χ4n) is 2.73. The van der Waals surface area contributed by atoms with Crippen molar-refractivity contribution in [1.82, 2.24) is 0 Å². The van der Waals surface area contributed by atoms with Gasteiger partial charge in [-0.15, -0.1) is 0 Å². The molecule has 0 aromatic heterocycles. The Morgan fingerprint density at radius 2 is 2.18 bits per heavy atom. The van der Waals surface area contributed by atoms with E-state index in [-0.39, 0.29) is 11.3 Å². The molecule has 2 aliphatic carbocycles. The van der Waals surface area contributed by atoms with Crippen LogP contribution in [0.25, 0.3) is 0 Å². The van der Waals surface area contributed by atoms with Gasteiger partial charge in [0.2, 0.25) is 0 Å². The quantitative estimate of drug-likeness (QED) is 0.557. The predicted octanol–water partition coefficient (Wildman–Crippen LogP) is 1.19. The van der Waals surface area contributed by atoms with Crippen LogP contribution in [0.2, 0.25) is 0 Å². The second-order valence-electron chi connectivity index (χ2n) is 3.94. The first kappa shape index (κ1) is 7.01. The summed E-state index contributed by atoms with van der Waals surface area (Å²) >= 11 is 0. The molecule has 11 heavy (non-hydrogen) atoms. The summed E-state index contributed by atoms with van der Waals surface area (Å²) in [6.07, 6.45) is 6.04. The van der Waals surface area contributed by atoms with Gasteiger partial charge in [0.1, 0.15) is 12.6 Å². The van der Waals surface area contributed by atoms with Gasteiger partial charge < -0.3 is 9.59 Å². The van der Waals surface area contributed by atoms with Gasteiger partial charge >= 0.3 is 0 Å². The van der Waals surface area contributed by atoms with E-state index in [0.717, 1.165) is 38.3 Å². The second kappa shape index (κ2) is 2.16. The highest BCUT2D eigenvalue weighted by Crippen LogP contribution is 2.55. The van der Waals surface area contributed by atoms with Crippen molar-refractivity contribution in [1.29, 1.82) is 0 Å². The van der Waals surface area contributed by atoms with Crippen molar-refractivity contribution in [2.45, 2.75) is 25.7 Å². The van der Waals surface area contributed by atoms with Gasteiger partial charge in [0.25, 0.3) is 0 Å². The topological polar surface area (TPSA) is 34.1 Å². The van der Waals surface area contributed by atoms with Gasteiger partial charge in [0, 0.05) is 11.3 Å². The van der Waals surface area contributed by atoms with Crippen molar-refractivity contribution in [3.8, 4) is 0 Å². The van der Waals surface area contributed by atoms with Crippen molar-refractivity contribution in [2.24, 2.45) is 17.3 Å². The Morgan fingerprint density at radius 1 is 1.36 bits per heavy atom. The van der Waals surface area contributed by atoms with E-state index in [2.05, 4.69) is 0 Å². The van der Waals surface area contributed by atoms with Crippen molar-refractivity contribution >= 4 is 12.6 Å². The largest absolute Gasteiger partial charge is 0.303 e. The molecular weight excluding hydrogens is 140 g/mol. The van der Waals surface area contributed by atoms with Crippen molar-refractivity contribution in [2.75, 3.05) is 0 Å². The summed E-state index contributed by atoms with van der Waals surface area (Å²) < 4.78 is 0. The lowest BCUT2D eigenvalue weighted by Gasteiger charge is -2.24. The van der Waals surface area contributed by atoms with Crippen LogP contribution < -0.4 is 0 Å². The fourth-order valence-corrected chi connectivity index (χ4v) is 2.73. The van der Waals surface area contributed by atoms with Gasteiger partial charge in [-0.05, 0) is 31.6 Å². The van der Waals surface area contributed by atoms with E-state index in [1.165, 1.54) is 0 Å². The number of hydrogen-bond acceptors (Lipinski definition) is 2. The zero-order valence-corrected chi connectivity index (χ0v) is 6.45. The molecule has 0 aromatic rings. The zero-order chi connectivity index (χ0) is 7.90. The molecule has 2 heteroatoms. The van der Waals surface area contributed by atoms with Crippen molar-refractivity contribution in [3.63, 3.8) is 0 Å². The summed E-state index contributed by atoms with van der Waals surface area (Å²) in [7, 11) is 0. The Hall–Kier alpha value is -0.660. The Morgan fingerprint density at radius 3 is 2.64 bits per heavy atom. The maximum Gasteiger partial charge on any atom is 0.126 e. The van der Waals surface area contributed by atoms with Crippen LogP contribution in [0.4, 0.5) is 0 Å². The molecule has 0 aromatic carbocycles. The van der Waals surface area contributed by atoms with E-state index in [1.807, 2.05) is 0 Å². The molecule has 2 aliphatic rings. The maximum atomic E-state index is 10.8. The Bertz CT molecular complexity index is 200. The summed E-state index contributed by atoms with van der Waals surface area (Å²) in [5.41, 5.74) is -0.230. The Kier molecular flexibility index (Phi) is 1.38. The lowest BCUT2D eigenvalue weighted by molar-refractivity contribution is -0.124. The first-order valence-electron chi connectivity index (χ1n) is 4.22. The molecule has 2 saturated carbocycles. The van der Waals surface area contributed by atoms with Crippen LogP contribution in [0, 0.1) is 17.3 Å². The molecule has 2 rings (SSSR count). The second-order valence-corrected chi connectivity index (χ2v) is 3.94. The van der Waals surface area contributed by atoms with Gasteiger partial charge in [-0.1, -0.05) is 0 Å². The lowest BCUT2D eigenvalue weighted by atomic mass is 9.77. The van der Waals surface area contributed by atoms with Crippen LogP contribution >= 0.6 is 0 Å². The van der Waals surface area contributed by atoms with Gasteiger partial charge in [-0.25, -0.2) is 0 Å². The average molecular weight is 152 g/mol. The van der Waals surface area contributed by atoms with E-state index < -0.39 is 0 Å². The van der Waals surface area contributed by atoms with Gasteiger partial charge in [0.05, 0.1) is 0 Å². The van der Waals surface area contributed by atoms with Crippen LogP contribution in [0.5, 0.6) is 0 Å². The molecular formula is C9H12O2. The smallest absolute Gasteiger partial charge is 0.126 e. The molecule has 0 amide bonds. The molecule has 0 N–H and O–H groups in total. The van der Waals surface area contributed by atoms with Crippen LogP contribution in [-0.2, 0) is 9.59 Å². The summed E-state index contributed by atoms with van der Waals surface area (Å²) in [5, 5.41) is 0. The summed E-state index contributed by atoms with van der Waals surface area (Å²) in [5.74, 6) is 0.703. The normalized spacial score (nSPS) is 47.6. The number of carbonyl (C=O) groups is 2. The monoisotopic (exact) mass is 152 g/mol. The number of carbonyl (C=O) groups excluding carboxylic acids is 2. The highest BCUT2D eigenvalue weighted by Gasteiger charge is 2.51. The molecule has 0 radical (unpaired) electrons. The Labute approximate surface area is 66.0 Å². The van der Waals surface area contributed by atoms with Crippen LogP contribution in [0.3, 0.4) is 0 Å². The maximum absolute atomic E-state index is 10.8. The molecule has 60 valence electrons. The molecule has 0 aliphatic heterocycles. The highest BCUT2D eigenvalue weighted by atomic mass is 16.1. The lowest BCUT2D eigenvalue weighted by Crippen LogP contribution is -2.27. The molecule has 0 spiro atoms. The zero-order valence-electron chi connectivity index (χ0n) is 6.45. The first-order valence-corrected chi connectivity index (χ1v) is 4.22. The van der Waals surface area contributed by atoms with E-state index in [0.29, 0.717) is 5.92 Å². The third-order valence-electron chi connectivity index (χ3n) is 3.41. The standard InChI is InChI=1S/C9H12O2/c10-5-8-3-7-1-2-9(8,4-7)6-11/h5-8H,1-4H2/t7-,8+,9+/m1/s1. The molecule has 2 bridgehead atoms. The predicted molar refractivity (Wildman–Crippen MR) is 40.0 cm³/mol. The molecule has 2 nitrogen and oxygen atoms in total. The van der Waals surface area contributed by atoms with Crippen LogP contribution in [0.15, 0.2) is 0 Å². The van der Waals surface area contributed by atoms with E-state index in [9.17, 15) is 9.59 Å². The minimum absolute atomic E-state index is 0.0405. The third-order valence-corrected chi connectivity index (χ3v) is 3.41. The molecule has 0 saturated heterocycles. The number of fused-ring (bicyclic) bond motifs is 2. The van der Waals surface area contributed by atoms with E-state index in [4.69, 9.17) is 0 Å². The molecule has 0 heterocycles. The summed E-state index contributed by atoms with van der Waals surface area (Å²) in [6, 6.07) is 0.